The Bertz CT molecular complexity index is 337. The van der Waals surface area contributed by atoms with Crippen LogP contribution in [0.5, 0.6) is 0 Å². The Hall–Kier alpha value is -0.530. The minimum atomic E-state index is 0.285. The molecular weight excluding hydrogens is 194 g/mol. The van der Waals surface area contributed by atoms with Gasteiger partial charge in [0.15, 0.2) is 0 Å². The van der Waals surface area contributed by atoms with Gasteiger partial charge in [-0.05, 0) is 36.9 Å². The van der Waals surface area contributed by atoms with Crippen LogP contribution in [0, 0.1) is 5.92 Å². The lowest BCUT2D eigenvalue weighted by molar-refractivity contribution is 0.587. The van der Waals surface area contributed by atoms with Crippen molar-refractivity contribution in [3.05, 3.63) is 34.9 Å². The van der Waals surface area contributed by atoms with Gasteiger partial charge in [-0.2, -0.15) is 0 Å². The molecule has 2 atom stereocenters. The Morgan fingerprint density at radius 2 is 2.21 bits per heavy atom. The van der Waals surface area contributed by atoms with Crippen molar-refractivity contribution in [1.82, 2.24) is 0 Å². The second-order valence-corrected chi connectivity index (χ2v) is 4.53. The third-order valence-electron chi connectivity index (χ3n) is 3.56. The number of halogens is 1. The van der Waals surface area contributed by atoms with Crippen molar-refractivity contribution in [3.63, 3.8) is 0 Å². The summed E-state index contributed by atoms with van der Waals surface area (Å²) in [6.45, 7) is 3.00. The van der Waals surface area contributed by atoms with Crippen LogP contribution in [0.25, 0.3) is 0 Å². The van der Waals surface area contributed by atoms with E-state index in [9.17, 15) is 0 Å². The van der Waals surface area contributed by atoms with Crippen LogP contribution in [0.15, 0.2) is 24.3 Å². The molecule has 0 radical (unpaired) electrons. The van der Waals surface area contributed by atoms with Crippen molar-refractivity contribution < 1.29 is 0 Å². The molecule has 2 rings (SSSR count). The lowest BCUT2D eigenvalue weighted by Crippen LogP contribution is -2.14. The van der Waals surface area contributed by atoms with E-state index in [1.54, 1.807) is 0 Å². The van der Waals surface area contributed by atoms with Gasteiger partial charge < -0.3 is 5.73 Å². The molecule has 0 aliphatic heterocycles. The maximum Gasteiger partial charge on any atom is 0.0443 e. The molecule has 1 unspecified atom stereocenters. The van der Waals surface area contributed by atoms with Crippen LogP contribution in [0.3, 0.4) is 0 Å². The fourth-order valence-corrected chi connectivity index (χ4v) is 2.83. The van der Waals surface area contributed by atoms with Crippen LogP contribution in [0.4, 0.5) is 0 Å². The minimum absolute atomic E-state index is 0.285. The summed E-state index contributed by atoms with van der Waals surface area (Å²) >= 11 is 6.21. The molecule has 1 nitrogen and oxygen atoms in total. The maximum absolute atomic E-state index is 6.21. The molecule has 0 saturated heterocycles. The second-order valence-electron chi connectivity index (χ2n) is 4.13. The van der Waals surface area contributed by atoms with E-state index >= 15 is 0 Å². The van der Waals surface area contributed by atoms with Gasteiger partial charge in [-0.3, -0.25) is 0 Å². The standard InChI is InChI=1S/C12H16ClN/c1-2-12(7-9(12)8-14)10-5-3-4-6-11(10)13/h3-6,9H,2,7-8,14H2,1H3/t9-,12?/m0/s1. The zero-order chi connectivity index (χ0) is 10.2. The van der Waals surface area contributed by atoms with Gasteiger partial charge in [0.25, 0.3) is 0 Å². The van der Waals surface area contributed by atoms with Crippen molar-refractivity contribution in [2.24, 2.45) is 11.7 Å². The summed E-state index contributed by atoms with van der Waals surface area (Å²) in [5.41, 5.74) is 7.31. The molecule has 1 aliphatic rings. The van der Waals surface area contributed by atoms with Crippen LogP contribution in [0.2, 0.25) is 5.02 Å². The summed E-state index contributed by atoms with van der Waals surface area (Å²) in [5.74, 6) is 0.632. The highest BCUT2D eigenvalue weighted by Crippen LogP contribution is 2.57. The van der Waals surface area contributed by atoms with Crippen LogP contribution in [-0.2, 0) is 5.41 Å². The van der Waals surface area contributed by atoms with E-state index in [1.165, 1.54) is 12.0 Å². The minimum Gasteiger partial charge on any atom is -0.330 e. The molecule has 76 valence electrons. The SMILES string of the molecule is CCC1(c2ccccc2Cl)C[C@H]1CN. The van der Waals surface area contributed by atoms with Gasteiger partial charge in [-0.1, -0.05) is 36.7 Å². The van der Waals surface area contributed by atoms with Crippen molar-refractivity contribution in [3.8, 4) is 0 Å². The highest BCUT2D eigenvalue weighted by molar-refractivity contribution is 6.31. The summed E-state index contributed by atoms with van der Waals surface area (Å²) in [7, 11) is 0. The van der Waals surface area contributed by atoms with E-state index in [-0.39, 0.29) is 5.41 Å². The van der Waals surface area contributed by atoms with Crippen molar-refractivity contribution in [2.75, 3.05) is 6.54 Å². The van der Waals surface area contributed by atoms with Crippen molar-refractivity contribution in [1.29, 1.82) is 0 Å². The van der Waals surface area contributed by atoms with Gasteiger partial charge >= 0.3 is 0 Å². The van der Waals surface area contributed by atoms with E-state index in [4.69, 9.17) is 17.3 Å². The molecule has 0 heterocycles. The Morgan fingerprint density at radius 1 is 1.50 bits per heavy atom. The molecule has 2 heteroatoms. The highest BCUT2D eigenvalue weighted by atomic mass is 35.5. The fourth-order valence-electron chi connectivity index (χ4n) is 2.51. The molecule has 0 bridgehead atoms. The first-order valence-electron chi connectivity index (χ1n) is 5.19. The maximum atomic E-state index is 6.21. The summed E-state index contributed by atoms with van der Waals surface area (Å²) < 4.78 is 0. The molecule has 0 spiro atoms. The Labute approximate surface area is 90.3 Å². The van der Waals surface area contributed by atoms with Crippen LogP contribution in [0.1, 0.15) is 25.3 Å². The first-order chi connectivity index (χ1) is 6.74. The number of hydrogen-bond donors (Lipinski definition) is 1. The predicted octanol–water partition coefficient (Wildman–Crippen LogP) is 2.97. The molecule has 1 aliphatic carbocycles. The van der Waals surface area contributed by atoms with E-state index in [1.807, 2.05) is 12.1 Å². The van der Waals surface area contributed by atoms with Gasteiger partial charge in [0.05, 0.1) is 0 Å². The van der Waals surface area contributed by atoms with Gasteiger partial charge in [0, 0.05) is 10.4 Å². The molecule has 1 fully saturated rings. The summed E-state index contributed by atoms with van der Waals surface area (Å²) in [4.78, 5) is 0. The average Bonchev–Trinajstić information content (AvgIpc) is 2.93. The normalized spacial score (nSPS) is 30.4. The smallest absolute Gasteiger partial charge is 0.0443 e. The van der Waals surface area contributed by atoms with Gasteiger partial charge in [-0.25, -0.2) is 0 Å². The predicted molar refractivity (Wildman–Crippen MR) is 60.6 cm³/mol. The van der Waals surface area contributed by atoms with Gasteiger partial charge in [0.1, 0.15) is 0 Å². The highest BCUT2D eigenvalue weighted by Gasteiger charge is 2.53. The third-order valence-corrected chi connectivity index (χ3v) is 3.89. The molecule has 1 aromatic rings. The average molecular weight is 210 g/mol. The third kappa shape index (κ3) is 1.35. The largest absolute Gasteiger partial charge is 0.330 e. The number of rotatable bonds is 3. The monoisotopic (exact) mass is 209 g/mol. The zero-order valence-corrected chi connectivity index (χ0v) is 9.22. The summed E-state index contributed by atoms with van der Waals surface area (Å²) in [6.07, 6.45) is 2.34. The van der Waals surface area contributed by atoms with Crippen LogP contribution in [-0.4, -0.2) is 6.54 Å². The zero-order valence-electron chi connectivity index (χ0n) is 8.46. The van der Waals surface area contributed by atoms with E-state index in [0.29, 0.717) is 5.92 Å². The van der Waals surface area contributed by atoms with Crippen molar-refractivity contribution >= 4 is 11.6 Å². The van der Waals surface area contributed by atoms with E-state index in [2.05, 4.69) is 19.1 Å². The van der Waals surface area contributed by atoms with Crippen LogP contribution < -0.4 is 5.73 Å². The molecule has 1 saturated carbocycles. The van der Waals surface area contributed by atoms with E-state index in [0.717, 1.165) is 18.0 Å². The topological polar surface area (TPSA) is 26.0 Å². The second kappa shape index (κ2) is 3.56. The summed E-state index contributed by atoms with van der Waals surface area (Å²) in [5, 5.41) is 0.894. The Morgan fingerprint density at radius 3 is 2.71 bits per heavy atom. The molecular formula is C12H16ClN. The number of benzene rings is 1. The molecule has 2 N–H and O–H groups in total. The first kappa shape index (κ1) is 10.0. The number of nitrogens with two attached hydrogens (primary N) is 1. The summed E-state index contributed by atoms with van der Waals surface area (Å²) in [6, 6.07) is 8.15. The lowest BCUT2D eigenvalue weighted by Gasteiger charge is -2.16. The van der Waals surface area contributed by atoms with Gasteiger partial charge in [0.2, 0.25) is 0 Å². The molecule has 0 aromatic heterocycles. The number of hydrogen-bond acceptors (Lipinski definition) is 1. The Balaban J connectivity index is 2.35. The Kier molecular flexibility index (Phi) is 2.54. The quantitative estimate of drug-likeness (QED) is 0.814. The molecule has 1 aromatic carbocycles. The van der Waals surface area contributed by atoms with Gasteiger partial charge in [-0.15, -0.1) is 0 Å². The molecule has 14 heavy (non-hydrogen) atoms. The van der Waals surface area contributed by atoms with Crippen LogP contribution >= 0.6 is 11.6 Å². The fraction of sp³-hybridized carbons (Fsp3) is 0.500. The van der Waals surface area contributed by atoms with Crippen molar-refractivity contribution in [2.45, 2.75) is 25.2 Å². The lowest BCUT2D eigenvalue weighted by atomic mass is 9.90. The van der Waals surface area contributed by atoms with E-state index < -0.39 is 0 Å². The molecule has 0 amide bonds. The first-order valence-corrected chi connectivity index (χ1v) is 5.57.